The molecule has 0 saturated heterocycles. The molecule has 0 saturated carbocycles. The van der Waals surface area contributed by atoms with E-state index in [0.717, 1.165) is 44.5 Å². The average molecular weight is 502 g/mol. The fourth-order valence-electron chi connectivity index (χ4n) is 4.16. The molecule has 0 amide bonds. The number of aromatic nitrogens is 1. The van der Waals surface area contributed by atoms with Gasteiger partial charge in [0, 0.05) is 42.7 Å². The van der Waals surface area contributed by atoms with Gasteiger partial charge in [0.05, 0.1) is 6.61 Å². The minimum Gasteiger partial charge on any atom is -0.543 e. The van der Waals surface area contributed by atoms with Crippen LogP contribution in [0.3, 0.4) is 0 Å². The quantitative estimate of drug-likeness (QED) is 0.107. The highest BCUT2D eigenvalue weighted by Crippen LogP contribution is 2.42. The number of aryl methyl sites for hydroxylation is 1. The summed E-state index contributed by atoms with van der Waals surface area (Å²) in [7, 11) is 0.0399. The molecule has 0 aliphatic carbocycles. The molecule has 1 aromatic heterocycles. The number of allylic oxidation sites excluding steroid dienone is 1. The van der Waals surface area contributed by atoms with Crippen molar-refractivity contribution in [3.63, 3.8) is 0 Å². The van der Waals surface area contributed by atoms with Crippen LogP contribution >= 0.6 is 0 Å². The standard InChI is InChI=1S/C32H43NO2Si/c1-8-9-11-19-27(20-16-23-34-25-26-17-12-10-13-18-26)31(35-36(6,7)32(2,3)4)29-24-33(5)30-22-15-14-21-28(29)30/h1,10,12-15,17-18,21-22,24H,9,11,16,19-20,23,25H2,2-7H3/b31-27-. The molecule has 0 N–H and O–H groups in total. The van der Waals surface area contributed by atoms with Gasteiger partial charge < -0.3 is 13.7 Å². The predicted molar refractivity (Wildman–Crippen MR) is 156 cm³/mol. The van der Waals surface area contributed by atoms with Crippen LogP contribution in [0.4, 0.5) is 0 Å². The molecule has 0 aliphatic heterocycles. The first-order chi connectivity index (χ1) is 17.1. The lowest BCUT2D eigenvalue weighted by Gasteiger charge is -2.38. The lowest BCUT2D eigenvalue weighted by molar-refractivity contribution is 0.118. The third kappa shape index (κ3) is 7.15. The number of hydrogen-bond donors (Lipinski definition) is 0. The zero-order valence-electron chi connectivity index (χ0n) is 23.1. The average Bonchev–Trinajstić information content (AvgIpc) is 3.18. The second kappa shape index (κ2) is 12.5. The molecule has 0 bridgehead atoms. The number of nitrogens with zero attached hydrogens (tertiary/aromatic N) is 1. The first-order valence-corrected chi connectivity index (χ1v) is 16.1. The number of benzene rings is 2. The second-order valence-electron chi connectivity index (χ2n) is 11.2. The van der Waals surface area contributed by atoms with Crippen molar-refractivity contribution < 1.29 is 9.16 Å². The Morgan fingerprint density at radius 3 is 2.33 bits per heavy atom. The van der Waals surface area contributed by atoms with Crippen molar-refractivity contribution in [1.82, 2.24) is 4.57 Å². The molecule has 192 valence electrons. The molecule has 0 atom stereocenters. The van der Waals surface area contributed by atoms with Crippen molar-refractivity contribution in [1.29, 1.82) is 0 Å². The fourth-order valence-corrected chi connectivity index (χ4v) is 5.23. The van der Waals surface area contributed by atoms with E-state index in [0.29, 0.717) is 6.61 Å². The Morgan fingerprint density at radius 2 is 1.64 bits per heavy atom. The summed E-state index contributed by atoms with van der Waals surface area (Å²) >= 11 is 0. The molecular formula is C32H43NO2Si. The van der Waals surface area contributed by atoms with E-state index in [-0.39, 0.29) is 5.04 Å². The number of rotatable bonds is 12. The van der Waals surface area contributed by atoms with Crippen molar-refractivity contribution in [3.8, 4) is 12.3 Å². The Bertz CT molecular complexity index is 1190. The minimum absolute atomic E-state index is 0.103. The molecule has 2 aromatic carbocycles. The van der Waals surface area contributed by atoms with Gasteiger partial charge in [-0.2, -0.15) is 0 Å². The molecule has 4 heteroatoms. The summed E-state index contributed by atoms with van der Waals surface area (Å²) in [5.74, 6) is 3.89. The van der Waals surface area contributed by atoms with Crippen LogP contribution in [0.15, 0.2) is 66.4 Å². The monoisotopic (exact) mass is 501 g/mol. The van der Waals surface area contributed by atoms with Crippen molar-refractivity contribution in [2.75, 3.05) is 6.61 Å². The summed E-state index contributed by atoms with van der Waals surface area (Å²) in [6.45, 7) is 12.9. The Morgan fingerprint density at radius 1 is 0.972 bits per heavy atom. The maximum Gasteiger partial charge on any atom is 0.250 e. The van der Waals surface area contributed by atoms with E-state index >= 15 is 0 Å². The number of ether oxygens (including phenoxy) is 1. The first-order valence-electron chi connectivity index (χ1n) is 13.1. The Kier molecular flexibility index (Phi) is 9.65. The van der Waals surface area contributed by atoms with E-state index in [4.69, 9.17) is 15.6 Å². The van der Waals surface area contributed by atoms with Gasteiger partial charge in [0.2, 0.25) is 0 Å². The third-order valence-electron chi connectivity index (χ3n) is 7.30. The van der Waals surface area contributed by atoms with Crippen LogP contribution in [0.25, 0.3) is 16.7 Å². The predicted octanol–water partition coefficient (Wildman–Crippen LogP) is 8.71. The van der Waals surface area contributed by atoms with Crippen LogP contribution in [0.1, 0.15) is 64.0 Å². The number of para-hydroxylation sites is 1. The van der Waals surface area contributed by atoms with Crippen molar-refractivity contribution >= 4 is 25.0 Å². The van der Waals surface area contributed by atoms with Gasteiger partial charge in [-0.05, 0) is 61.0 Å². The lowest BCUT2D eigenvalue weighted by Crippen LogP contribution is -2.40. The van der Waals surface area contributed by atoms with E-state index in [1.165, 1.54) is 27.6 Å². The van der Waals surface area contributed by atoms with E-state index in [2.05, 4.69) is 106 Å². The van der Waals surface area contributed by atoms with Crippen LogP contribution < -0.4 is 0 Å². The smallest absolute Gasteiger partial charge is 0.250 e. The topological polar surface area (TPSA) is 23.4 Å². The van der Waals surface area contributed by atoms with Gasteiger partial charge in [-0.15, -0.1) is 12.3 Å². The summed E-state index contributed by atoms with van der Waals surface area (Å²) in [5, 5.41) is 1.34. The summed E-state index contributed by atoms with van der Waals surface area (Å²) in [4.78, 5) is 0. The molecule has 3 nitrogen and oxygen atoms in total. The fraction of sp³-hybridized carbons (Fsp3) is 0.438. The Labute approximate surface area is 219 Å². The van der Waals surface area contributed by atoms with Crippen LogP contribution in [-0.4, -0.2) is 19.5 Å². The van der Waals surface area contributed by atoms with Gasteiger partial charge in [0.1, 0.15) is 5.76 Å². The maximum absolute atomic E-state index is 7.14. The zero-order chi connectivity index (χ0) is 26.2. The normalized spacial score (nSPS) is 12.9. The van der Waals surface area contributed by atoms with E-state index < -0.39 is 8.32 Å². The van der Waals surface area contributed by atoms with Gasteiger partial charge in [0.15, 0.2) is 0 Å². The molecule has 0 radical (unpaired) electrons. The summed E-state index contributed by atoms with van der Waals surface area (Å²) in [6, 6.07) is 19.0. The van der Waals surface area contributed by atoms with Gasteiger partial charge in [-0.3, -0.25) is 0 Å². The summed E-state index contributed by atoms with van der Waals surface area (Å²) in [5.41, 5.74) is 4.98. The van der Waals surface area contributed by atoms with Crippen molar-refractivity contribution in [3.05, 3.63) is 77.5 Å². The minimum atomic E-state index is -2.08. The molecule has 36 heavy (non-hydrogen) atoms. The lowest BCUT2D eigenvalue weighted by atomic mass is 9.98. The van der Waals surface area contributed by atoms with Gasteiger partial charge >= 0.3 is 0 Å². The molecule has 1 heterocycles. The van der Waals surface area contributed by atoms with Gasteiger partial charge in [-0.1, -0.05) is 69.3 Å². The first kappa shape index (κ1) is 27.8. The van der Waals surface area contributed by atoms with E-state index in [1.807, 2.05) is 6.07 Å². The molecule has 0 unspecified atom stereocenters. The Balaban J connectivity index is 1.94. The van der Waals surface area contributed by atoms with E-state index in [1.54, 1.807) is 0 Å². The molecule has 0 aliphatic rings. The Hall–Kier alpha value is -2.74. The molecular weight excluding hydrogens is 458 g/mol. The SMILES string of the molecule is C#CCCC/C(CCCOCc1ccccc1)=C(/O[Si](C)(C)C(C)(C)C)c1cn(C)c2ccccc12. The maximum atomic E-state index is 7.14. The molecule has 3 aromatic rings. The molecule has 0 fully saturated rings. The second-order valence-corrected chi connectivity index (χ2v) is 15.9. The number of unbranched alkanes of at least 4 members (excludes halogenated alkanes) is 1. The van der Waals surface area contributed by atoms with Crippen molar-refractivity contribution in [2.45, 2.75) is 77.6 Å². The van der Waals surface area contributed by atoms with Crippen LogP contribution in [0.2, 0.25) is 18.1 Å². The van der Waals surface area contributed by atoms with E-state index in [9.17, 15) is 0 Å². The highest BCUT2D eigenvalue weighted by atomic mass is 28.4. The highest BCUT2D eigenvalue weighted by molar-refractivity contribution is 6.74. The summed E-state index contributed by atoms with van der Waals surface area (Å²) < 4.78 is 15.4. The number of fused-ring (bicyclic) bond motifs is 1. The largest absolute Gasteiger partial charge is 0.543 e. The highest BCUT2D eigenvalue weighted by Gasteiger charge is 2.40. The molecule has 0 spiro atoms. The third-order valence-corrected chi connectivity index (χ3v) is 11.6. The summed E-state index contributed by atoms with van der Waals surface area (Å²) in [6.07, 6.45) is 12.4. The van der Waals surface area contributed by atoms with Crippen LogP contribution in [-0.2, 0) is 22.8 Å². The van der Waals surface area contributed by atoms with Crippen LogP contribution in [0, 0.1) is 12.3 Å². The number of terminal acetylenes is 1. The zero-order valence-corrected chi connectivity index (χ0v) is 24.1. The van der Waals surface area contributed by atoms with Gasteiger partial charge in [0.25, 0.3) is 8.32 Å². The van der Waals surface area contributed by atoms with Crippen LogP contribution in [0.5, 0.6) is 0 Å². The van der Waals surface area contributed by atoms with Gasteiger partial charge in [-0.25, -0.2) is 0 Å². The molecule has 3 rings (SSSR count). The van der Waals surface area contributed by atoms with Crippen molar-refractivity contribution in [2.24, 2.45) is 7.05 Å². The number of hydrogen-bond acceptors (Lipinski definition) is 2.